The second kappa shape index (κ2) is 7.49. The number of carbonyl (C=O) groups is 1. The molecule has 1 aromatic heterocycles. The van der Waals surface area contributed by atoms with E-state index in [0.717, 1.165) is 22.9 Å². The Hall–Kier alpha value is -3.35. The van der Waals surface area contributed by atoms with Gasteiger partial charge in [0.05, 0.1) is 19.3 Å². The fraction of sp³-hybridized carbons (Fsp3) is 0.250. The molecule has 0 aliphatic carbocycles. The average molecular weight is 364 g/mol. The molecule has 0 spiro atoms. The highest BCUT2D eigenvalue weighted by atomic mass is 16.5. The highest BCUT2D eigenvalue weighted by molar-refractivity contribution is 6.01. The van der Waals surface area contributed by atoms with Gasteiger partial charge in [-0.05, 0) is 11.5 Å². The first-order chi connectivity index (χ1) is 13.2. The second-order valence-electron chi connectivity index (χ2n) is 6.35. The number of fused-ring (bicyclic) bond motifs is 1. The average Bonchev–Trinajstić information content (AvgIpc) is 3.17. The molecular formula is C20H20N4O3. The maximum Gasteiger partial charge on any atom is 0.321 e. The van der Waals surface area contributed by atoms with Crippen LogP contribution in [0.5, 0.6) is 11.8 Å². The van der Waals surface area contributed by atoms with Crippen molar-refractivity contribution in [2.24, 2.45) is 0 Å². The Morgan fingerprint density at radius 3 is 2.67 bits per heavy atom. The van der Waals surface area contributed by atoms with Gasteiger partial charge in [-0.25, -0.2) is 4.79 Å². The summed E-state index contributed by atoms with van der Waals surface area (Å²) in [5, 5.41) is 13.0. The van der Waals surface area contributed by atoms with Crippen LogP contribution in [0.3, 0.4) is 0 Å². The highest BCUT2D eigenvalue weighted by Crippen LogP contribution is 2.24. The van der Waals surface area contributed by atoms with E-state index in [1.165, 1.54) is 7.11 Å². The minimum Gasteiger partial charge on any atom is -0.480 e. The molecule has 1 aliphatic heterocycles. The molecule has 1 aliphatic rings. The molecule has 0 radical (unpaired) electrons. The minimum absolute atomic E-state index is 0.106. The van der Waals surface area contributed by atoms with E-state index in [4.69, 9.17) is 9.47 Å². The number of aromatic nitrogens is 2. The molecular weight excluding hydrogens is 344 g/mol. The van der Waals surface area contributed by atoms with Gasteiger partial charge in [-0.2, -0.15) is 0 Å². The molecule has 2 aromatic carbocycles. The van der Waals surface area contributed by atoms with Gasteiger partial charge in [0.15, 0.2) is 0 Å². The standard InChI is InChI=1S/C20H20N4O3/c1-26-18-9-10-19(23-22-18)27-15-11-12-24(13-15)20(25)21-17-8-4-6-14-5-2-3-7-16(14)17/h2-10,15H,11-13H2,1H3,(H,21,25). The molecule has 138 valence electrons. The van der Waals surface area contributed by atoms with Crippen molar-refractivity contribution >= 4 is 22.5 Å². The molecule has 1 saturated heterocycles. The molecule has 3 aromatic rings. The Kier molecular flexibility index (Phi) is 4.74. The zero-order chi connectivity index (χ0) is 18.6. The maximum atomic E-state index is 12.7. The van der Waals surface area contributed by atoms with Crippen LogP contribution in [0.1, 0.15) is 6.42 Å². The lowest BCUT2D eigenvalue weighted by Gasteiger charge is -2.18. The fourth-order valence-electron chi connectivity index (χ4n) is 3.19. The summed E-state index contributed by atoms with van der Waals surface area (Å²) in [4.78, 5) is 14.4. The number of ether oxygens (including phenoxy) is 2. The number of methoxy groups -OCH3 is 1. The first kappa shape index (κ1) is 17.1. The van der Waals surface area contributed by atoms with Gasteiger partial charge in [0, 0.05) is 30.5 Å². The zero-order valence-corrected chi connectivity index (χ0v) is 15.0. The van der Waals surface area contributed by atoms with Crippen LogP contribution >= 0.6 is 0 Å². The van der Waals surface area contributed by atoms with Crippen molar-refractivity contribution in [1.29, 1.82) is 0 Å². The molecule has 0 bridgehead atoms. The van der Waals surface area contributed by atoms with E-state index in [0.29, 0.717) is 24.8 Å². The number of nitrogens with zero attached hydrogens (tertiary/aromatic N) is 3. The molecule has 1 atom stereocenters. The van der Waals surface area contributed by atoms with Crippen LogP contribution in [-0.2, 0) is 0 Å². The number of benzene rings is 2. The summed E-state index contributed by atoms with van der Waals surface area (Å²) in [6.45, 7) is 1.13. The van der Waals surface area contributed by atoms with Crippen LogP contribution in [-0.4, -0.2) is 47.4 Å². The molecule has 1 unspecified atom stereocenters. The Labute approximate surface area is 156 Å². The third-order valence-electron chi connectivity index (χ3n) is 4.58. The number of carbonyl (C=O) groups excluding carboxylic acids is 1. The number of urea groups is 1. The first-order valence-electron chi connectivity index (χ1n) is 8.81. The van der Waals surface area contributed by atoms with Crippen LogP contribution in [0.4, 0.5) is 10.5 Å². The SMILES string of the molecule is COc1ccc(OC2CCN(C(=O)Nc3cccc4ccccc34)C2)nn1. The molecule has 0 saturated carbocycles. The fourth-order valence-corrected chi connectivity index (χ4v) is 3.19. The normalized spacial score (nSPS) is 16.3. The molecule has 1 N–H and O–H groups in total. The number of anilines is 1. The van der Waals surface area contributed by atoms with E-state index >= 15 is 0 Å². The molecule has 4 rings (SSSR count). The lowest BCUT2D eigenvalue weighted by atomic mass is 10.1. The zero-order valence-electron chi connectivity index (χ0n) is 15.0. The second-order valence-corrected chi connectivity index (χ2v) is 6.35. The number of likely N-dealkylation sites (tertiary alicyclic amines) is 1. The summed E-state index contributed by atoms with van der Waals surface area (Å²) >= 11 is 0. The van der Waals surface area contributed by atoms with Crippen LogP contribution in [0.2, 0.25) is 0 Å². The Bertz CT molecular complexity index is 940. The van der Waals surface area contributed by atoms with Gasteiger partial charge in [0.25, 0.3) is 0 Å². The Morgan fingerprint density at radius 1 is 1.07 bits per heavy atom. The molecule has 7 heteroatoms. The van der Waals surface area contributed by atoms with Crippen LogP contribution < -0.4 is 14.8 Å². The van der Waals surface area contributed by atoms with Gasteiger partial charge in [-0.1, -0.05) is 36.4 Å². The van der Waals surface area contributed by atoms with E-state index in [1.54, 1.807) is 17.0 Å². The van der Waals surface area contributed by atoms with Gasteiger partial charge < -0.3 is 19.7 Å². The minimum atomic E-state index is -0.127. The maximum absolute atomic E-state index is 12.7. The van der Waals surface area contributed by atoms with Gasteiger partial charge in [-0.15, -0.1) is 10.2 Å². The van der Waals surface area contributed by atoms with Crippen molar-refractivity contribution in [3.8, 4) is 11.8 Å². The topological polar surface area (TPSA) is 76.6 Å². The lowest BCUT2D eigenvalue weighted by Crippen LogP contribution is -2.34. The van der Waals surface area contributed by atoms with E-state index in [2.05, 4.69) is 15.5 Å². The molecule has 27 heavy (non-hydrogen) atoms. The summed E-state index contributed by atoms with van der Waals surface area (Å²) in [5.41, 5.74) is 0.809. The number of rotatable bonds is 4. The predicted molar refractivity (Wildman–Crippen MR) is 102 cm³/mol. The van der Waals surface area contributed by atoms with Crippen LogP contribution in [0, 0.1) is 0 Å². The van der Waals surface area contributed by atoms with Gasteiger partial charge in [-0.3, -0.25) is 0 Å². The van der Waals surface area contributed by atoms with E-state index < -0.39 is 0 Å². The summed E-state index contributed by atoms with van der Waals surface area (Å²) in [6.07, 6.45) is 0.641. The van der Waals surface area contributed by atoms with Crippen molar-refractivity contribution < 1.29 is 14.3 Å². The van der Waals surface area contributed by atoms with Crippen molar-refractivity contribution in [2.45, 2.75) is 12.5 Å². The number of hydrogen-bond acceptors (Lipinski definition) is 5. The summed E-state index contributed by atoms with van der Waals surface area (Å²) < 4.78 is 10.8. The highest BCUT2D eigenvalue weighted by Gasteiger charge is 2.28. The summed E-state index contributed by atoms with van der Waals surface area (Å²) in [6, 6.07) is 17.1. The van der Waals surface area contributed by atoms with E-state index in [9.17, 15) is 4.79 Å². The van der Waals surface area contributed by atoms with Crippen LogP contribution in [0.25, 0.3) is 10.8 Å². The van der Waals surface area contributed by atoms with Crippen LogP contribution in [0.15, 0.2) is 54.6 Å². The van der Waals surface area contributed by atoms with Crippen molar-refractivity contribution in [3.63, 3.8) is 0 Å². The van der Waals surface area contributed by atoms with E-state index in [1.807, 2.05) is 42.5 Å². The monoisotopic (exact) mass is 364 g/mol. The molecule has 1 fully saturated rings. The molecule has 2 amide bonds. The lowest BCUT2D eigenvalue weighted by molar-refractivity contribution is 0.188. The molecule has 2 heterocycles. The summed E-state index contributed by atoms with van der Waals surface area (Å²) in [5.74, 6) is 0.863. The first-order valence-corrected chi connectivity index (χ1v) is 8.81. The quantitative estimate of drug-likeness (QED) is 0.768. The van der Waals surface area contributed by atoms with Gasteiger partial charge in [0.2, 0.25) is 11.8 Å². The van der Waals surface area contributed by atoms with Gasteiger partial charge in [0.1, 0.15) is 6.10 Å². The van der Waals surface area contributed by atoms with E-state index in [-0.39, 0.29) is 12.1 Å². The summed E-state index contributed by atoms with van der Waals surface area (Å²) in [7, 11) is 1.54. The third kappa shape index (κ3) is 3.76. The van der Waals surface area contributed by atoms with Crippen molar-refractivity contribution in [3.05, 3.63) is 54.6 Å². The van der Waals surface area contributed by atoms with Crippen molar-refractivity contribution in [1.82, 2.24) is 15.1 Å². The largest absolute Gasteiger partial charge is 0.480 e. The predicted octanol–water partition coefficient (Wildman–Crippen LogP) is 3.32. The van der Waals surface area contributed by atoms with Crippen molar-refractivity contribution in [2.75, 3.05) is 25.5 Å². The smallest absolute Gasteiger partial charge is 0.321 e. The number of amides is 2. The number of hydrogen-bond donors (Lipinski definition) is 1. The Balaban J connectivity index is 1.38. The van der Waals surface area contributed by atoms with Gasteiger partial charge >= 0.3 is 6.03 Å². The third-order valence-corrected chi connectivity index (χ3v) is 4.58. The Morgan fingerprint density at radius 2 is 1.85 bits per heavy atom. The number of nitrogens with one attached hydrogen (secondary N) is 1. The molecule has 7 nitrogen and oxygen atoms in total.